The van der Waals surface area contributed by atoms with E-state index in [9.17, 15) is 18.0 Å². The van der Waals surface area contributed by atoms with Crippen LogP contribution < -0.4 is 5.69 Å². The minimum atomic E-state index is -3.98. The van der Waals surface area contributed by atoms with Gasteiger partial charge in [-0.3, -0.25) is 4.79 Å². The minimum absolute atomic E-state index is 0.0663. The fourth-order valence-corrected chi connectivity index (χ4v) is 5.32. The van der Waals surface area contributed by atoms with Gasteiger partial charge in [0.25, 0.3) is 0 Å². The first-order valence-electron chi connectivity index (χ1n) is 6.47. The first-order valence-corrected chi connectivity index (χ1v) is 8.70. The second-order valence-corrected chi connectivity index (χ2v) is 7.73. The molecule has 3 rings (SSSR count). The molecule has 1 aliphatic heterocycles. The van der Waals surface area contributed by atoms with Crippen molar-refractivity contribution in [3.05, 3.63) is 27.1 Å². The zero-order valence-corrected chi connectivity index (χ0v) is 13.6. The van der Waals surface area contributed by atoms with Crippen molar-refractivity contribution < 1.29 is 18.3 Å². The molecular formula is C12H12BrN3O5S. The Labute approximate surface area is 133 Å². The van der Waals surface area contributed by atoms with E-state index in [1.165, 1.54) is 12.1 Å². The van der Waals surface area contributed by atoms with E-state index in [2.05, 4.69) is 25.9 Å². The summed E-state index contributed by atoms with van der Waals surface area (Å²) in [5.41, 5.74) is 0.367. The number of sulfonamides is 1. The van der Waals surface area contributed by atoms with Crippen molar-refractivity contribution in [2.24, 2.45) is 0 Å². The summed E-state index contributed by atoms with van der Waals surface area (Å²) in [4.78, 5) is 27.5. The molecule has 1 atom stereocenters. The van der Waals surface area contributed by atoms with Crippen LogP contribution >= 0.6 is 15.9 Å². The number of benzene rings is 1. The van der Waals surface area contributed by atoms with Crippen molar-refractivity contribution in [2.75, 3.05) is 6.54 Å². The Bertz CT molecular complexity index is 916. The highest BCUT2D eigenvalue weighted by Crippen LogP contribution is 2.32. The van der Waals surface area contributed by atoms with Crippen LogP contribution in [-0.4, -0.2) is 46.4 Å². The molecule has 3 N–H and O–H groups in total. The van der Waals surface area contributed by atoms with E-state index in [0.717, 1.165) is 4.31 Å². The highest BCUT2D eigenvalue weighted by molar-refractivity contribution is 9.10. The van der Waals surface area contributed by atoms with Gasteiger partial charge in [-0.05, 0) is 40.9 Å². The van der Waals surface area contributed by atoms with Crippen LogP contribution in [0.3, 0.4) is 0 Å². The van der Waals surface area contributed by atoms with E-state index in [1.807, 2.05) is 0 Å². The van der Waals surface area contributed by atoms with Crippen LogP contribution in [0.1, 0.15) is 12.8 Å². The Morgan fingerprint density at radius 3 is 2.59 bits per heavy atom. The number of carboxylic acids is 1. The van der Waals surface area contributed by atoms with Crippen LogP contribution in [0.5, 0.6) is 0 Å². The van der Waals surface area contributed by atoms with E-state index >= 15 is 0 Å². The van der Waals surface area contributed by atoms with E-state index < -0.39 is 27.7 Å². The number of carboxylic acid groups (broad SMARTS) is 1. The number of nitrogens with one attached hydrogen (secondary N) is 2. The van der Waals surface area contributed by atoms with E-state index in [0.29, 0.717) is 17.5 Å². The van der Waals surface area contributed by atoms with E-state index in [-0.39, 0.29) is 22.3 Å². The van der Waals surface area contributed by atoms with Crippen LogP contribution in [-0.2, 0) is 14.8 Å². The lowest BCUT2D eigenvalue weighted by atomic mass is 10.2. The fourth-order valence-electron chi connectivity index (χ4n) is 2.63. The molecule has 0 aliphatic carbocycles. The highest BCUT2D eigenvalue weighted by Gasteiger charge is 2.40. The van der Waals surface area contributed by atoms with E-state index in [1.54, 1.807) is 0 Å². The fraction of sp³-hybridized carbons (Fsp3) is 0.333. The van der Waals surface area contributed by atoms with Crippen LogP contribution in [0.15, 0.2) is 26.3 Å². The standard InChI is InChI=1S/C12H12BrN3O5S/c13-6-4-7-8(15-12(19)14-7)5-10(6)22(20,21)16-3-1-2-9(16)11(17)18/h4-5,9H,1-3H2,(H,17,18)(H2,14,15,19)/t9-/m1/s1. The van der Waals surface area contributed by atoms with Gasteiger partial charge in [0.1, 0.15) is 6.04 Å². The maximum Gasteiger partial charge on any atom is 0.323 e. The second-order valence-electron chi connectivity index (χ2n) is 5.02. The third-order valence-corrected chi connectivity index (χ3v) is 6.51. The predicted molar refractivity (Wildman–Crippen MR) is 81.2 cm³/mol. The van der Waals surface area contributed by atoms with Gasteiger partial charge in [0, 0.05) is 11.0 Å². The largest absolute Gasteiger partial charge is 0.480 e. The number of hydrogen-bond acceptors (Lipinski definition) is 4. The maximum atomic E-state index is 12.8. The van der Waals surface area contributed by atoms with Crippen molar-refractivity contribution in [1.82, 2.24) is 14.3 Å². The summed E-state index contributed by atoms with van der Waals surface area (Å²) in [6.45, 7) is 0.160. The molecule has 8 nitrogen and oxygen atoms in total. The maximum absolute atomic E-state index is 12.8. The zero-order chi connectivity index (χ0) is 16.1. The first kappa shape index (κ1) is 15.3. The number of aliphatic carboxylic acids is 1. The molecule has 10 heteroatoms. The van der Waals surface area contributed by atoms with Gasteiger partial charge in [0.2, 0.25) is 10.0 Å². The molecule has 0 bridgehead atoms. The van der Waals surface area contributed by atoms with Crippen LogP contribution in [0, 0.1) is 0 Å². The molecule has 0 radical (unpaired) electrons. The molecule has 2 aromatic rings. The highest BCUT2D eigenvalue weighted by atomic mass is 79.9. The molecule has 1 aliphatic rings. The molecule has 1 aromatic carbocycles. The minimum Gasteiger partial charge on any atom is -0.480 e. The van der Waals surface area contributed by atoms with Gasteiger partial charge in [0.15, 0.2) is 0 Å². The predicted octanol–water partition coefficient (Wildman–Crippen LogP) is 0.856. The number of H-pyrrole nitrogens is 2. The quantitative estimate of drug-likeness (QED) is 0.717. The van der Waals surface area contributed by atoms with Gasteiger partial charge in [-0.1, -0.05) is 0 Å². The molecule has 1 aromatic heterocycles. The summed E-state index contributed by atoms with van der Waals surface area (Å²) in [5, 5.41) is 9.17. The van der Waals surface area contributed by atoms with E-state index in [4.69, 9.17) is 5.11 Å². The number of rotatable bonds is 3. The summed E-state index contributed by atoms with van der Waals surface area (Å²) in [7, 11) is -3.98. The Morgan fingerprint density at radius 1 is 1.32 bits per heavy atom. The SMILES string of the molecule is O=C(O)[C@H]1CCCN1S(=O)(=O)c1cc2[nH]c(=O)[nH]c2cc1Br. The topological polar surface area (TPSA) is 123 Å². The van der Waals surface area contributed by atoms with Crippen molar-refractivity contribution in [3.8, 4) is 0 Å². The molecule has 2 heterocycles. The molecular weight excluding hydrogens is 378 g/mol. The van der Waals surface area contributed by atoms with Crippen LogP contribution in [0.25, 0.3) is 11.0 Å². The third-order valence-electron chi connectivity index (χ3n) is 3.64. The summed E-state index contributed by atoms with van der Waals surface area (Å²) in [6.07, 6.45) is 0.784. The summed E-state index contributed by atoms with van der Waals surface area (Å²) >= 11 is 3.18. The lowest BCUT2D eigenvalue weighted by Gasteiger charge is -2.21. The summed E-state index contributed by atoms with van der Waals surface area (Å²) < 4.78 is 26.8. The third kappa shape index (κ3) is 2.36. The van der Waals surface area contributed by atoms with Crippen molar-refractivity contribution >= 4 is 43.0 Å². The molecule has 22 heavy (non-hydrogen) atoms. The molecule has 118 valence electrons. The van der Waals surface area contributed by atoms with Crippen molar-refractivity contribution in [2.45, 2.75) is 23.8 Å². The number of nitrogens with zero attached hydrogens (tertiary/aromatic N) is 1. The number of hydrogen-bond donors (Lipinski definition) is 3. The Kier molecular flexibility index (Phi) is 3.62. The smallest absolute Gasteiger partial charge is 0.323 e. The van der Waals surface area contributed by atoms with Crippen molar-refractivity contribution in [1.29, 1.82) is 0 Å². The van der Waals surface area contributed by atoms with Gasteiger partial charge in [-0.25, -0.2) is 13.2 Å². The van der Waals surface area contributed by atoms with Gasteiger partial charge in [-0.2, -0.15) is 4.31 Å². The van der Waals surface area contributed by atoms with Gasteiger partial charge < -0.3 is 15.1 Å². The van der Waals surface area contributed by atoms with Crippen molar-refractivity contribution in [3.63, 3.8) is 0 Å². The molecule has 1 fully saturated rings. The van der Waals surface area contributed by atoms with Gasteiger partial charge in [-0.15, -0.1) is 0 Å². The molecule has 0 spiro atoms. The average Bonchev–Trinajstić information content (AvgIpc) is 3.02. The number of aromatic nitrogens is 2. The lowest BCUT2D eigenvalue weighted by Crippen LogP contribution is -2.40. The monoisotopic (exact) mass is 389 g/mol. The lowest BCUT2D eigenvalue weighted by molar-refractivity contribution is -0.140. The first-order chi connectivity index (χ1) is 10.3. The number of fused-ring (bicyclic) bond motifs is 1. The molecule has 0 saturated carbocycles. The second kappa shape index (κ2) is 5.21. The van der Waals surface area contributed by atoms with Gasteiger partial charge >= 0.3 is 11.7 Å². The number of imidazole rings is 1. The summed E-state index contributed by atoms with van der Waals surface area (Å²) in [6, 6.07) is 1.74. The average molecular weight is 390 g/mol. The number of aromatic amines is 2. The van der Waals surface area contributed by atoms with Crippen LogP contribution in [0.4, 0.5) is 0 Å². The Hall–Kier alpha value is -1.65. The molecule has 1 saturated heterocycles. The van der Waals surface area contributed by atoms with Crippen LogP contribution in [0.2, 0.25) is 0 Å². The normalized spacial score (nSPS) is 19.8. The summed E-state index contributed by atoms with van der Waals surface area (Å²) in [5.74, 6) is -1.16. The zero-order valence-electron chi connectivity index (χ0n) is 11.2. The molecule has 0 amide bonds. The number of halogens is 1. The molecule has 0 unspecified atom stereocenters. The Morgan fingerprint density at radius 2 is 1.95 bits per heavy atom. The number of carbonyl (C=O) groups is 1. The Balaban J connectivity index is 2.14. The van der Waals surface area contributed by atoms with Gasteiger partial charge in [0.05, 0.1) is 15.9 Å².